The molecule has 0 spiro atoms. The maximum atomic E-state index is 13.1. The van der Waals surface area contributed by atoms with E-state index in [0.717, 1.165) is 12.1 Å². The number of ether oxygens (including phenoxy) is 1. The van der Waals surface area contributed by atoms with E-state index in [-0.39, 0.29) is 16.2 Å². The molecule has 0 aliphatic rings. The second-order valence-corrected chi connectivity index (χ2v) is 8.32. The van der Waals surface area contributed by atoms with E-state index in [4.69, 9.17) is 16.3 Å². The second kappa shape index (κ2) is 8.02. The van der Waals surface area contributed by atoms with Gasteiger partial charge in [0, 0.05) is 11.1 Å². The van der Waals surface area contributed by atoms with Gasteiger partial charge in [-0.1, -0.05) is 35.9 Å². The Morgan fingerprint density at radius 2 is 1.62 bits per heavy atom. The van der Waals surface area contributed by atoms with Gasteiger partial charge in [0.2, 0.25) is 9.84 Å². The fraction of sp³-hybridized carbons (Fsp3) is 0.0500. The number of nitrogens with zero attached hydrogens (tertiary/aromatic N) is 1. The molecule has 0 heterocycles. The normalized spacial score (nSPS) is 11.1. The van der Waals surface area contributed by atoms with Crippen LogP contribution in [0.15, 0.2) is 76.5 Å². The molecule has 0 saturated carbocycles. The van der Waals surface area contributed by atoms with Crippen LogP contribution >= 0.6 is 11.6 Å². The molecule has 0 fully saturated rings. The Morgan fingerprint density at radius 1 is 1.00 bits per heavy atom. The van der Waals surface area contributed by atoms with Gasteiger partial charge in [-0.05, 0) is 48.9 Å². The third-order valence-electron chi connectivity index (χ3n) is 4.09. The minimum Gasteiger partial charge on any atom is -0.423 e. The summed E-state index contributed by atoms with van der Waals surface area (Å²) in [6.07, 6.45) is 0. The number of para-hydroxylation sites is 1. The number of nitro benzene ring substituents is 1. The summed E-state index contributed by atoms with van der Waals surface area (Å²) >= 11 is 5.95. The average Bonchev–Trinajstić information content (AvgIpc) is 2.70. The van der Waals surface area contributed by atoms with Crippen molar-refractivity contribution in [1.29, 1.82) is 0 Å². The van der Waals surface area contributed by atoms with Gasteiger partial charge in [0.1, 0.15) is 10.6 Å². The quantitative estimate of drug-likeness (QED) is 0.253. The Balaban J connectivity index is 2.06. The molecule has 29 heavy (non-hydrogen) atoms. The van der Waals surface area contributed by atoms with Gasteiger partial charge < -0.3 is 4.74 Å². The Labute approximate surface area is 171 Å². The molecule has 7 nitrogen and oxygen atoms in total. The molecule has 0 aliphatic carbocycles. The van der Waals surface area contributed by atoms with Crippen LogP contribution in [0.25, 0.3) is 0 Å². The summed E-state index contributed by atoms with van der Waals surface area (Å²) in [7, 11) is -4.36. The van der Waals surface area contributed by atoms with Crippen LogP contribution in [-0.4, -0.2) is 19.3 Å². The predicted octanol–water partition coefficient (Wildman–Crippen LogP) is 4.61. The number of rotatable bonds is 5. The lowest BCUT2D eigenvalue weighted by molar-refractivity contribution is -0.387. The number of halogens is 1. The summed E-state index contributed by atoms with van der Waals surface area (Å²) in [5.74, 6) is -0.723. The number of sulfone groups is 1. The minimum atomic E-state index is -4.36. The topological polar surface area (TPSA) is 104 Å². The number of nitro groups is 1. The average molecular weight is 432 g/mol. The smallest absolute Gasteiger partial charge is 0.344 e. The van der Waals surface area contributed by atoms with E-state index in [1.807, 2.05) is 0 Å². The van der Waals surface area contributed by atoms with Crippen LogP contribution < -0.4 is 4.74 Å². The fourth-order valence-corrected chi connectivity index (χ4v) is 4.39. The van der Waals surface area contributed by atoms with Gasteiger partial charge in [0.25, 0.3) is 5.69 Å². The standard InChI is InChI=1S/C20H14ClNO6S/c1-13-12-14(10-11-16(13)21)28-20(23)15-6-2-4-8-18(15)29(26,27)19-9-5-3-7-17(19)22(24)25/h2-12H,1H3. The molecule has 3 aromatic carbocycles. The van der Waals surface area contributed by atoms with Crippen molar-refractivity contribution in [3.05, 3.63) is 93.0 Å². The van der Waals surface area contributed by atoms with Crippen LogP contribution in [0.1, 0.15) is 15.9 Å². The zero-order valence-corrected chi connectivity index (χ0v) is 16.6. The van der Waals surface area contributed by atoms with E-state index in [9.17, 15) is 23.3 Å². The summed E-state index contributed by atoms with van der Waals surface area (Å²) in [5, 5.41) is 11.7. The molecule has 0 N–H and O–H groups in total. The van der Waals surface area contributed by atoms with E-state index < -0.39 is 31.3 Å². The van der Waals surface area contributed by atoms with Gasteiger partial charge in [-0.2, -0.15) is 0 Å². The van der Waals surface area contributed by atoms with Crippen molar-refractivity contribution >= 4 is 33.1 Å². The van der Waals surface area contributed by atoms with Gasteiger partial charge in [0.05, 0.1) is 15.4 Å². The van der Waals surface area contributed by atoms with Crippen molar-refractivity contribution in [3.8, 4) is 5.75 Å². The molecule has 9 heteroatoms. The number of hydrogen-bond donors (Lipinski definition) is 0. The van der Waals surface area contributed by atoms with Crippen LogP contribution in [0.2, 0.25) is 5.02 Å². The number of aryl methyl sites for hydroxylation is 1. The number of carbonyl (C=O) groups excluding carboxylic acids is 1. The molecular weight excluding hydrogens is 418 g/mol. The molecule has 0 saturated heterocycles. The van der Waals surface area contributed by atoms with Gasteiger partial charge in [-0.15, -0.1) is 0 Å². The summed E-state index contributed by atoms with van der Waals surface area (Å²) < 4.78 is 31.5. The summed E-state index contributed by atoms with van der Waals surface area (Å²) in [5.41, 5.74) is -0.139. The molecule has 3 aromatic rings. The molecule has 0 amide bonds. The summed E-state index contributed by atoms with van der Waals surface area (Å²) in [6.45, 7) is 1.73. The lowest BCUT2D eigenvalue weighted by Gasteiger charge is -2.11. The Morgan fingerprint density at radius 3 is 2.28 bits per heavy atom. The van der Waals surface area contributed by atoms with E-state index in [2.05, 4.69) is 0 Å². The lowest BCUT2D eigenvalue weighted by Crippen LogP contribution is -2.15. The predicted molar refractivity (Wildman–Crippen MR) is 106 cm³/mol. The van der Waals surface area contributed by atoms with Gasteiger partial charge in [0.15, 0.2) is 0 Å². The minimum absolute atomic E-state index is 0.190. The highest BCUT2D eigenvalue weighted by Crippen LogP contribution is 2.31. The first kappa shape index (κ1) is 20.5. The number of hydrogen-bond acceptors (Lipinski definition) is 6. The summed E-state index contributed by atoms with van der Waals surface area (Å²) in [4.78, 5) is 22.3. The molecule has 0 bridgehead atoms. The first-order valence-corrected chi connectivity index (χ1v) is 10.1. The second-order valence-electron chi connectivity index (χ2n) is 6.02. The van der Waals surface area contributed by atoms with E-state index in [1.165, 1.54) is 42.5 Å². The summed E-state index contributed by atoms with van der Waals surface area (Å²) in [6, 6.07) is 14.9. The molecule has 3 rings (SSSR count). The lowest BCUT2D eigenvalue weighted by atomic mass is 10.2. The van der Waals surface area contributed by atoms with Crippen molar-refractivity contribution in [2.24, 2.45) is 0 Å². The van der Waals surface area contributed by atoms with Gasteiger partial charge in [-0.25, -0.2) is 13.2 Å². The van der Waals surface area contributed by atoms with Crippen molar-refractivity contribution in [2.45, 2.75) is 16.7 Å². The third kappa shape index (κ3) is 4.13. The maximum Gasteiger partial charge on any atom is 0.344 e. The van der Waals surface area contributed by atoms with Crippen molar-refractivity contribution in [1.82, 2.24) is 0 Å². The maximum absolute atomic E-state index is 13.1. The molecule has 0 aromatic heterocycles. The Kier molecular flexibility index (Phi) is 5.67. The zero-order chi connectivity index (χ0) is 21.2. The number of benzene rings is 3. The number of carbonyl (C=O) groups is 1. The molecule has 148 valence electrons. The Bertz CT molecular complexity index is 1220. The van der Waals surface area contributed by atoms with E-state index >= 15 is 0 Å². The highest BCUT2D eigenvalue weighted by molar-refractivity contribution is 7.91. The third-order valence-corrected chi connectivity index (χ3v) is 6.37. The molecule has 0 aliphatic heterocycles. The van der Waals surface area contributed by atoms with Crippen LogP contribution in [-0.2, 0) is 9.84 Å². The van der Waals surface area contributed by atoms with Crippen LogP contribution in [0, 0.1) is 17.0 Å². The van der Waals surface area contributed by atoms with Crippen LogP contribution in [0.3, 0.4) is 0 Å². The number of esters is 1. The monoisotopic (exact) mass is 431 g/mol. The highest BCUT2D eigenvalue weighted by atomic mass is 35.5. The van der Waals surface area contributed by atoms with Crippen molar-refractivity contribution < 1.29 is 22.9 Å². The van der Waals surface area contributed by atoms with Crippen molar-refractivity contribution in [2.75, 3.05) is 0 Å². The van der Waals surface area contributed by atoms with Crippen LogP contribution in [0.4, 0.5) is 5.69 Å². The first-order chi connectivity index (χ1) is 13.7. The first-order valence-electron chi connectivity index (χ1n) is 8.27. The highest BCUT2D eigenvalue weighted by Gasteiger charge is 2.31. The molecular formula is C20H14ClNO6S. The molecule has 0 radical (unpaired) electrons. The van der Waals surface area contributed by atoms with Crippen molar-refractivity contribution in [3.63, 3.8) is 0 Å². The van der Waals surface area contributed by atoms with Gasteiger partial charge in [-0.3, -0.25) is 10.1 Å². The SMILES string of the molecule is Cc1cc(OC(=O)c2ccccc2S(=O)(=O)c2ccccc2[N+](=O)[O-])ccc1Cl. The Hall–Kier alpha value is -3.23. The van der Waals surface area contributed by atoms with E-state index in [1.54, 1.807) is 19.1 Å². The molecule has 0 unspecified atom stereocenters. The van der Waals surface area contributed by atoms with Gasteiger partial charge >= 0.3 is 5.97 Å². The largest absolute Gasteiger partial charge is 0.423 e. The van der Waals surface area contributed by atoms with Crippen LogP contribution in [0.5, 0.6) is 5.75 Å². The fourth-order valence-electron chi connectivity index (χ4n) is 2.67. The molecule has 0 atom stereocenters. The van der Waals surface area contributed by atoms with E-state index in [0.29, 0.717) is 10.6 Å². The zero-order valence-electron chi connectivity index (χ0n) is 15.0.